The first-order valence-corrected chi connectivity index (χ1v) is 16.6. The molecule has 5 amide bonds. The van der Waals surface area contributed by atoms with E-state index in [0.29, 0.717) is 36.9 Å². The van der Waals surface area contributed by atoms with Crippen molar-refractivity contribution in [3.63, 3.8) is 0 Å². The van der Waals surface area contributed by atoms with Crippen LogP contribution in [-0.2, 0) is 33.5 Å². The van der Waals surface area contributed by atoms with Gasteiger partial charge in [0.2, 0.25) is 29.5 Å². The van der Waals surface area contributed by atoms with Crippen LogP contribution in [0, 0.1) is 17.8 Å². The Morgan fingerprint density at radius 1 is 0.958 bits per heavy atom. The quantitative estimate of drug-likeness (QED) is 0.108. The highest BCUT2D eigenvalue weighted by Gasteiger charge is 2.39. The van der Waals surface area contributed by atoms with Crippen molar-refractivity contribution in [2.75, 3.05) is 18.4 Å². The highest BCUT2D eigenvalue weighted by molar-refractivity contribution is 6.03. The lowest BCUT2D eigenvalue weighted by Gasteiger charge is -2.21. The standard InChI is InChI=1S/C33H44N4O9.C2H6/c1-18(2)24-16-29(41)37(32(24)43)13-9-7-8-10-27(39)36-30(19(3)4)31(42)34-17-28(40)35-23-12-11-22-14-25(20(5)45-21(6)38)33(44)46-26(22)15-23;1-2/h11-12,14-15,18-20,24,30H,7-10,13,16-17H2,1-6H3,(H,34,42)(H,35,40)(H,36,39);1-2H3. The van der Waals surface area contributed by atoms with Crippen molar-refractivity contribution in [1.29, 1.82) is 0 Å². The summed E-state index contributed by atoms with van der Waals surface area (Å²) in [5.74, 6) is -2.54. The van der Waals surface area contributed by atoms with Gasteiger partial charge < -0.3 is 25.1 Å². The van der Waals surface area contributed by atoms with E-state index >= 15 is 0 Å². The molecule has 3 N–H and O–H groups in total. The van der Waals surface area contributed by atoms with Gasteiger partial charge in [0.25, 0.3) is 0 Å². The molecule has 1 aliphatic rings. The van der Waals surface area contributed by atoms with Crippen LogP contribution in [0.5, 0.6) is 0 Å². The van der Waals surface area contributed by atoms with Crippen LogP contribution in [0.1, 0.15) is 99.2 Å². The minimum Gasteiger partial charge on any atom is -0.458 e. The molecule has 2 aromatic rings. The summed E-state index contributed by atoms with van der Waals surface area (Å²) in [6.07, 6.45) is 1.41. The number of nitrogens with one attached hydrogen (secondary N) is 3. The molecule has 1 aromatic carbocycles. The number of benzene rings is 1. The molecule has 0 bridgehead atoms. The number of carbonyl (C=O) groups is 6. The zero-order valence-corrected chi connectivity index (χ0v) is 29.3. The molecule has 13 heteroatoms. The predicted molar refractivity (Wildman–Crippen MR) is 181 cm³/mol. The Morgan fingerprint density at radius 2 is 1.65 bits per heavy atom. The number of imide groups is 1. The lowest BCUT2D eigenvalue weighted by atomic mass is 9.94. The highest BCUT2D eigenvalue weighted by atomic mass is 16.5. The Labute approximate surface area is 281 Å². The van der Waals surface area contributed by atoms with Crippen LogP contribution in [0.2, 0.25) is 0 Å². The molecule has 3 rings (SSSR count). The molecule has 3 unspecified atom stereocenters. The molecule has 3 atom stereocenters. The highest BCUT2D eigenvalue weighted by Crippen LogP contribution is 2.27. The molecule has 1 fully saturated rings. The molecule has 13 nitrogen and oxygen atoms in total. The zero-order chi connectivity index (χ0) is 36.1. The molecule has 1 saturated heterocycles. The summed E-state index contributed by atoms with van der Waals surface area (Å²) < 4.78 is 10.4. The second-order valence-corrected chi connectivity index (χ2v) is 12.3. The van der Waals surface area contributed by atoms with Crippen LogP contribution < -0.4 is 21.6 Å². The third-order valence-electron chi connectivity index (χ3n) is 7.89. The molecular weight excluding hydrogens is 620 g/mol. The number of rotatable bonds is 15. The predicted octanol–water partition coefficient (Wildman–Crippen LogP) is 4.23. The number of anilines is 1. The lowest BCUT2D eigenvalue weighted by Crippen LogP contribution is -2.51. The van der Waals surface area contributed by atoms with Crippen molar-refractivity contribution in [2.24, 2.45) is 17.8 Å². The van der Waals surface area contributed by atoms with E-state index in [2.05, 4.69) is 16.0 Å². The topological polar surface area (TPSA) is 181 Å². The lowest BCUT2D eigenvalue weighted by molar-refractivity contribution is -0.146. The molecule has 1 aliphatic heterocycles. The van der Waals surface area contributed by atoms with Gasteiger partial charge in [-0.1, -0.05) is 48.0 Å². The Balaban J connectivity index is 0.00000392. The number of hydrogen-bond donors (Lipinski definition) is 3. The zero-order valence-electron chi connectivity index (χ0n) is 29.3. The van der Waals surface area contributed by atoms with Gasteiger partial charge in [0, 0.05) is 49.4 Å². The van der Waals surface area contributed by atoms with Gasteiger partial charge in [-0.25, -0.2) is 4.79 Å². The molecule has 48 heavy (non-hydrogen) atoms. The van der Waals surface area contributed by atoms with Gasteiger partial charge in [-0.3, -0.25) is 33.7 Å². The van der Waals surface area contributed by atoms with E-state index in [0.717, 1.165) is 0 Å². The maximum atomic E-state index is 12.8. The molecule has 2 heterocycles. The number of hydrogen-bond acceptors (Lipinski definition) is 9. The van der Waals surface area contributed by atoms with Crippen LogP contribution in [0.25, 0.3) is 11.0 Å². The molecule has 0 radical (unpaired) electrons. The van der Waals surface area contributed by atoms with Crippen molar-refractivity contribution in [2.45, 2.75) is 99.6 Å². The van der Waals surface area contributed by atoms with Gasteiger partial charge in [-0.2, -0.15) is 0 Å². The van der Waals surface area contributed by atoms with Gasteiger partial charge in [0.05, 0.1) is 12.1 Å². The first-order chi connectivity index (χ1) is 22.7. The molecular formula is C35H50N4O9. The SMILES string of the molecule is CC.CC(=O)OC(C)c1cc2ccc(NC(=O)CNC(=O)C(NC(=O)CCCCCN3C(=O)CC(C(C)C)C3=O)C(C)C)cc2oc1=O. The summed E-state index contributed by atoms with van der Waals surface area (Å²) in [4.78, 5) is 87.6. The fourth-order valence-electron chi connectivity index (χ4n) is 5.26. The van der Waals surface area contributed by atoms with Gasteiger partial charge in [-0.15, -0.1) is 0 Å². The van der Waals surface area contributed by atoms with Crippen LogP contribution in [0.3, 0.4) is 0 Å². The molecule has 1 aromatic heterocycles. The smallest absolute Gasteiger partial charge is 0.343 e. The van der Waals surface area contributed by atoms with Crippen molar-refractivity contribution in [3.05, 3.63) is 40.2 Å². The Hall–Kier alpha value is -4.55. The average Bonchev–Trinajstić information content (AvgIpc) is 3.31. The minimum absolute atomic E-state index is 0.113. The van der Waals surface area contributed by atoms with E-state index in [4.69, 9.17) is 9.15 Å². The van der Waals surface area contributed by atoms with E-state index in [9.17, 15) is 33.6 Å². The summed E-state index contributed by atoms with van der Waals surface area (Å²) in [5, 5.41) is 8.48. The fraction of sp³-hybridized carbons (Fsp3) is 0.571. The summed E-state index contributed by atoms with van der Waals surface area (Å²) in [7, 11) is 0. The van der Waals surface area contributed by atoms with Crippen molar-refractivity contribution in [1.82, 2.24) is 15.5 Å². The molecule has 264 valence electrons. The van der Waals surface area contributed by atoms with Gasteiger partial charge >= 0.3 is 11.6 Å². The first-order valence-electron chi connectivity index (χ1n) is 16.6. The van der Waals surface area contributed by atoms with E-state index in [-0.39, 0.29) is 66.0 Å². The van der Waals surface area contributed by atoms with Crippen LogP contribution in [-0.4, -0.2) is 59.5 Å². The summed E-state index contributed by atoms with van der Waals surface area (Å²) in [6.45, 7) is 14.2. The molecule has 0 spiro atoms. The molecule has 0 saturated carbocycles. The Morgan fingerprint density at radius 3 is 2.25 bits per heavy atom. The first kappa shape index (κ1) is 39.6. The van der Waals surface area contributed by atoms with Gasteiger partial charge in [0.1, 0.15) is 17.7 Å². The van der Waals surface area contributed by atoms with E-state index in [1.54, 1.807) is 39.0 Å². The number of carbonyl (C=O) groups excluding carboxylic acids is 6. The largest absolute Gasteiger partial charge is 0.458 e. The summed E-state index contributed by atoms with van der Waals surface area (Å²) in [5.41, 5.74) is 0.0592. The number of ether oxygens (including phenoxy) is 1. The van der Waals surface area contributed by atoms with Crippen LogP contribution in [0.4, 0.5) is 5.69 Å². The number of fused-ring (bicyclic) bond motifs is 1. The normalized spacial score (nSPS) is 15.5. The fourth-order valence-corrected chi connectivity index (χ4v) is 5.26. The Bertz CT molecular complexity index is 1530. The number of likely N-dealkylation sites (tertiary alicyclic amines) is 1. The monoisotopic (exact) mass is 670 g/mol. The van der Waals surface area contributed by atoms with Crippen LogP contribution in [0.15, 0.2) is 33.5 Å². The second kappa shape index (κ2) is 18.7. The van der Waals surface area contributed by atoms with Gasteiger partial charge in [0.15, 0.2) is 0 Å². The number of unbranched alkanes of at least 4 members (excludes halogenated alkanes) is 2. The number of nitrogens with zero attached hydrogens (tertiary/aromatic N) is 1. The maximum Gasteiger partial charge on any atom is 0.343 e. The van der Waals surface area contributed by atoms with E-state index in [1.807, 2.05) is 27.7 Å². The summed E-state index contributed by atoms with van der Waals surface area (Å²) in [6, 6.07) is 5.40. The van der Waals surface area contributed by atoms with Gasteiger partial charge in [-0.05, 0) is 49.8 Å². The molecule has 0 aliphatic carbocycles. The van der Waals surface area contributed by atoms with E-state index in [1.165, 1.54) is 17.9 Å². The van der Waals surface area contributed by atoms with Crippen molar-refractivity contribution in [3.8, 4) is 0 Å². The van der Waals surface area contributed by atoms with Crippen molar-refractivity contribution >= 4 is 52.2 Å². The van der Waals surface area contributed by atoms with Crippen LogP contribution >= 0.6 is 0 Å². The maximum absolute atomic E-state index is 12.8. The minimum atomic E-state index is -0.855. The number of esters is 1. The summed E-state index contributed by atoms with van der Waals surface area (Å²) >= 11 is 0. The average molecular weight is 671 g/mol. The third kappa shape index (κ3) is 11.3. The third-order valence-corrected chi connectivity index (χ3v) is 7.89. The van der Waals surface area contributed by atoms with Crippen molar-refractivity contribution < 1.29 is 37.9 Å². The Kier molecular flexibility index (Phi) is 15.4. The number of amides is 5. The second-order valence-electron chi connectivity index (χ2n) is 12.3. The van der Waals surface area contributed by atoms with E-state index < -0.39 is 35.6 Å².